The zero-order valence-corrected chi connectivity index (χ0v) is 19.6. The molecule has 4 rings (SSSR count). The predicted octanol–water partition coefficient (Wildman–Crippen LogP) is 4.11. The molecule has 1 aliphatic heterocycles. The number of hydrogen-bond acceptors (Lipinski definition) is 5. The van der Waals surface area contributed by atoms with Gasteiger partial charge in [0.05, 0.1) is 22.9 Å². The van der Waals surface area contributed by atoms with E-state index >= 15 is 0 Å². The van der Waals surface area contributed by atoms with E-state index in [1.807, 2.05) is 33.8 Å². The molecule has 0 bridgehead atoms. The van der Waals surface area contributed by atoms with Crippen LogP contribution in [-0.4, -0.2) is 43.4 Å². The lowest BCUT2D eigenvalue weighted by molar-refractivity contribution is -0.177. The van der Waals surface area contributed by atoms with Crippen LogP contribution in [0.25, 0.3) is 0 Å². The second-order valence-corrected chi connectivity index (χ2v) is 12.5. The third-order valence-electron chi connectivity index (χ3n) is 7.69. The van der Waals surface area contributed by atoms with Crippen molar-refractivity contribution in [3.05, 3.63) is 41.5 Å². The number of benzene rings is 1. The van der Waals surface area contributed by atoms with Crippen molar-refractivity contribution in [3.63, 3.8) is 0 Å². The number of aliphatic hydroxyl groups excluding tert-OH is 1. The van der Waals surface area contributed by atoms with Crippen molar-refractivity contribution in [2.24, 2.45) is 16.7 Å². The predicted molar refractivity (Wildman–Crippen MR) is 116 cm³/mol. The molecule has 5 nitrogen and oxygen atoms in total. The van der Waals surface area contributed by atoms with E-state index in [1.54, 1.807) is 24.3 Å². The molecule has 0 aromatic heterocycles. The van der Waals surface area contributed by atoms with Gasteiger partial charge in [0.1, 0.15) is 6.10 Å². The summed E-state index contributed by atoms with van der Waals surface area (Å²) < 4.78 is 39.4. The van der Waals surface area contributed by atoms with Gasteiger partial charge >= 0.3 is 0 Å². The fourth-order valence-electron chi connectivity index (χ4n) is 6.29. The van der Waals surface area contributed by atoms with Crippen molar-refractivity contribution >= 4 is 9.84 Å². The van der Waals surface area contributed by atoms with Gasteiger partial charge in [0.2, 0.25) is 0 Å². The molecule has 30 heavy (non-hydrogen) atoms. The van der Waals surface area contributed by atoms with Crippen LogP contribution in [-0.2, 0) is 19.3 Å². The Morgan fingerprint density at radius 2 is 1.70 bits per heavy atom. The van der Waals surface area contributed by atoms with E-state index in [9.17, 15) is 13.5 Å². The summed E-state index contributed by atoms with van der Waals surface area (Å²) in [5, 5.41) is 11.3. The molecule has 1 saturated carbocycles. The zero-order valence-electron chi connectivity index (χ0n) is 18.8. The number of rotatable bonds is 3. The minimum atomic E-state index is -3.57. The van der Waals surface area contributed by atoms with Gasteiger partial charge in [-0.25, -0.2) is 8.42 Å². The summed E-state index contributed by atoms with van der Waals surface area (Å²) in [6.07, 6.45) is 0.365. The number of hydrogen-bond donors (Lipinski definition) is 1. The van der Waals surface area contributed by atoms with Gasteiger partial charge in [-0.05, 0) is 62.3 Å². The highest BCUT2D eigenvalue weighted by Gasteiger charge is 2.64. The molecule has 1 aromatic rings. The van der Waals surface area contributed by atoms with Gasteiger partial charge in [-0.1, -0.05) is 39.0 Å². The number of aliphatic hydroxyl groups is 1. The fourth-order valence-corrected chi connectivity index (χ4v) is 7.95. The van der Waals surface area contributed by atoms with E-state index in [-0.39, 0.29) is 29.3 Å². The van der Waals surface area contributed by atoms with Crippen LogP contribution in [0.15, 0.2) is 46.4 Å². The Kier molecular flexibility index (Phi) is 5.06. The molecule has 2 aliphatic carbocycles. The first-order valence-electron chi connectivity index (χ1n) is 10.8. The molecule has 0 radical (unpaired) electrons. The molecule has 0 spiro atoms. The van der Waals surface area contributed by atoms with E-state index in [2.05, 4.69) is 13.8 Å². The maximum atomic E-state index is 13.4. The van der Waals surface area contributed by atoms with E-state index in [0.717, 1.165) is 17.6 Å². The van der Waals surface area contributed by atoms with Crippen LogP contribution in [0.1, 0.15) is 54.4 Å². The molecule has 6 heteroatoms. The highest BCUT2D eigenvalue weighted by Crippen LogP contribution is 2.62. The average molecular weight is 435 g/mol. The minimum Gasteiger partial charge on any atom is -0.392 e. The van der Waals surface area contributed by atoms with Crippen molar-refractivity contribution in [1.29, 1.82) is 0 Å². The van der Waals surface area contributed by atoms with Crippen LogP contribution in [0.4, 0.5) is 0 Å². The maximum absolute atomic E-state index is 13.4. The topological polar surface area (TPSA) is 72.8 Å². The van der Waals surface area contributed by atoms with E-state index < -0.39 is 27.1 Å². The maximum Gasteiger partial charge on any atom is 0.182 e. The lowest BCUT2D eigenvalue weighted by atomic mass is 9.48. The summed E-state index contributed by atoms with van der Waals surface area (Å²) in [6, 6.07) is 8.56. The summed E-state index contributed by atoms with van der Waals surface area (Å²) in [5.74, 6) is -0.912. The van der Waals surface area contributed by atoms with Crippen LogP contribution >= 0.6 is 0 Å². The Morgan fingerprint density at radius 1 is 1.07 bits per heavy atom. The summed E-state index contributed by atoms with van der Waals surface area (Å²) in [6.45, 7) is 12.2. The molecule has 2 fully saturated rings. The van der Waals surface area contributed by atoms with E-state index in [1.165, 1.54) is 0 Å². The monoisotopic (exact) mass is 434 g/mol. The molecular weight excluding hydrogens is 400 g/mol. The van der Waals surface area contributed by atoms with Gasteiger partial charge in [0.15, 0.2) is 15.6 Å². The third kappa shape index (κ3) is 3.27. The van der Waals surface area contributed by atoms with Gasteiger partial charge in [-0.15, -0.1) is 0 Å². The van der Waals surface area contributed by atoms with Crippen molar-refractivity contribution < 1.29 is 23.0 Å². The molecule has 1 heterocycles. The van der Waals surface area contributed by atoms with E-state index in [4.69, 9.17) is 9.47 Å². The van der Waals surface area contributed by atoms with Gasteiger partial charge in [0.25, 0.3) is 0 Å². The molecule has 0 amide bonds. The quantitative estimate of drug-likeness (QED) is 0.725. The summed E-state index contributed by atoms with van der Waals surface area (Å²) in [4.78, 5) is 0.307. The second-order valence-electron chi connectivity index (χ2n) is 10.6. The highest BCUT2D eigenvalue weighted by atomic mass is 32.2. The summed E-state index contributed by atoms with van der Waals surface area (Å²) in [7, 11) is -3.57. The molecule has 1 saturated heterocycles. The first kappa shape index (κ1) is 22.0. The SMILES string of the molecule is CC1=C(CS(=O)(=O)c2ccccc2)[C@@]2(C)[C@@H](O)CCC(C)(C)[C@@H]2[C@H]2OC(C)(C)O[C@@H]12. The largest absolute Gasteiger partial charge is 0.392 e. The Hall–Kier alpha value is -1.21. The molecule has 1 aromatic carbocycles. The number of fused-ring (bicyclic) bond motifs is 3. The smallest absolute Gasteiger partial charge is 0.182 e. The van der Waals surface area contributed by atoms with Crippen LogP contribution in [0.3, 0.4) is 0 Å². The highest BCUT2D eigenvalue weighted by molar-refractivity contribution is 7.91. The normalized spacial score (nSPS) is 37.6. The van der Waals surface area contributed by atoms with Gasteiger partial charge in [0, 0.05) is 11.3 Å². The van der Waals surface area contributed by atoms with E-state index in [0.29, 0.717) is 11.3 Å². The van der Waals surface area contributed by atoms with Crippen molar-refractivity contribution in [3.8, 4) is 0 Å². The van der Waals surface area contributed by atoms with Crippen LogP contribution in [0, 0.1) is 16.7 Å². The van der Waals surface area contributed by atoms with Gasteiger partial charge in [-0.3, -0.25) is 0 Å². The number of sulfone groups is 1. The third-order valence-corrected chi connectivity index (χ3v) is 9.35. The molecule has 3 aliphatic rings. The number of ether oxygens (including phenoxy) is 2. The zero-order chi connectivity index (χ0) is 22.1. The standard InChI is InChI=1S/C24H34O5S/c1-15-17(14-30(26,27)16-10-8-7-9-11-16)24(6)18(25)12-13-22(2,3)21(24)20-19(15)28-23(4,5)29-20/h7-11,18-21,25H,12-14H2,1-6H3/t18-,19-,20-,21-,24-/m0/s1. The van der Waals surface area contributed by atoms with Crippen LogP contribution in [0.5, 0.6) is 0 Å². The van der Waals surface area contributed by atoms with Crippen molar-refractivity contribution in [1.82, 2.24) is 0 Å². The molecule has 1 N–H and O–H groups in total. The van der Waals surface area contributed by atoms with Crippen LogP contribution < -0.4 is 0 Å². The first-order valence-corrected chi connectivity index (χ1v) is 12.5. The van der Waals surface area contributed by atoms with Crippen molar-refractivity contribution in [2.75, 3.05) is 5.75 Å². The lowest BCUT2D eigenvalue weighted by Gasteiger charge is -2.59. The fraction of sp³-hybridized carbons (Fsp3) is 0.667. The molecule has 166 valence electrons. The molecule has 5 atom stereocenters. The Morgan fingerprint density at radius 3 is 2.33 bits per heavy atom. The molecule has 0 unspecified atom stereocenters. The Bertz CT molecular complexity index is 963. The minimum absolute atomic E-state index is 0.0507. The molecular formula is C24H34O5S. The second kappa shape index (κ2) is 6.89. The van der Waals surface area contributed by atoms with Gasteiger partial charge < -0.3 is 14.6 Å². The van der Waals surface area contributed by atoms with Crippen LogP contribution in [0.2, 0.25) is 0 Å². The van der Waals surface area contributed by atoms with Crippen molar-refractivity contribution in [2.45, 2.75) is 83.4 Å². The summed E-state index contributed by atoms with van der Waals surface area (Å²) in [5.41, 5.74) is 0.863. The average Bonchev–Trinajstić information content (AvgIpc) is 2.98. The first-order chi connectivity index (χ1) is 13.8. The Labute approximate surface area is 180 Å². The lowest BCUT2D eigenvalue weighted by Crippen LogP contribution is -2.61. The van der Waals surface area contributed by atoms with Gasteiger partial charge in [-0.2, -0.15) is 0 Å². The Balaban J connectivity index is 1.88. The summed E-state index contributed by atoms with van der Waals surface area (Å²) >= 11 is 0.